The predicted octanol–water partition coefficient (Wildman–Crippen LogP) is 1.30. The van der Waals surface area contributed by atoms with Crippen LogP contribution in [0.5, 0.6) is 0 Å². The molecule has 0 aromatic rings. The maximum absolute atomic E-state index is 12.7. The van der Waals surface area contributed by atoms with Gasteiger partial charge >= 0.3 is 12.0 Å². The highest BCUT2D eigenvalue weighted by Gasteiger charge is 2.42. The summed E-state index contributed by atoms with van der Waals surface area (Å²) in [6.45, 7) is 1.56. The van der Waals surface area contributed by atoms with E-state index in [0.717, 1.165) is 32.1 Å². The van der Waals surface area contributed by atoms with Crippen LogP contribution >= 0.6 is 0 Å². The van der Waals surface area contributed by atoms with E-state index in [4.69, 9.17) is 9.84 Å². The molecule has 1 saturated heterocycles. The van der Waals surface area contributed by atoms with Crippen molar-refractivity contribution in [2.45, 2.75) is 56.7 Å². The molecule has 1 aliphatic heterocycles. The van der Waals surface area contributed by atoms with Gasteiger partial charge in [0.05, 0.1) is 25.2 Å². The summed E-state index contributed by atoms with van der Waals surface area (Å²) in [6, 6.07) is 0.473. The van der Waals surface area contributed by atoms with Gasteiger partial charge in [-0.15, -0.1) is 0 Å². The highest BCUT2D eigenvalue weighted by Crippen LogP contribution is 2.33. The zero-order chi connectivity index (χ0) is 14.1. The minimum atomic E-state index is -0.843. The maximum atomic E-state index is 12.7. The third-order valence-electron chi connectivity index (χ3n) is 4.53. The first-order valence-corrected chi connectivity index (χ1v) is 7.57. The summed E-state index contributed by atoms with van der Waals surface area (Å²) in [4.78, 5) is 27.2. The number of fused-ring (bicyclic) bond motifs is 1. The van der Waals surface area contributed by atoms with Crippen molar-refractivity contribution in [3.05, 3.63) is 0 Å². The minimum absolute atomic E-state index is 0.0222. The molecule has 0 radical (unpaired) electrons. The number of morpholine rings is 1. The van der Waals surface area contributed by atoms with Gasteiger partial charge in [-0.2, -0.15) is 0 Å². The molecule has 2 unspecified atom stereocenters. The van der Waals surface area contributed by atoms with Crippen molar-refractivity contribution in [1.29, 1.82) is 0 Å². The Morgan fingerprint density at radius 1 is 1.25 bits per heavy atom. The molecule has 6 heteroatoms. The van der Waals surface area contributed by atoms with Crippen LogP contribution in [0.3, 0.4) is 0 Å². The van der Waals surface area contributed by atoms with E-state index in [9.17, 15) is 9.59 Å². The molecule has 0 bridgehead atoms. The predicted molar refractivity (Wildman–Crippen MR) is 71.5 cm³/mol. The normalized spacial score (nSPS) is 29.1. The van der Waals surface area contributed by atoms with E-state index in [0.29, 0.717) is 19.7 Å². The number of urea groups is 1. The third-order valence-corrected chi connectivity index (χ3v) is 4.53. The van der Waals surface area contributed by atoms with Crippen molar-refractivity contribution >= 4 is 12.0 Å². The zero-order valence-electron chi connectivity index (χ0n) is 11.7. The lowest BCUT2D eigenvalue weighted by Gasteiger charge is -2.40. The summed E-state index contributed by atoms with van der Waals surface area (Å²) in [5.41, 5.74) is 0. The average Bonchev–Trinajstić information content (AvgIpc) is 3.14. The first-order valence-electron chi connectivity index (χ1n) is 7.57. The third kappa shape index (κ3) is 2.75. The van der Waals surface area contributed by atoms with Gasteiger partial charge < -0.3 is 19.6 Å². The number of carbonyl (C=O) groups excluding carboxylic acids is 1. The Kier molecular flexibility index (Phi) is 3.83. The lowest BCUT2D eigenvalue weighted by Crippen LogP contribution is -2.56. The van der Waals surface area contributed by atoms with Gasteiger partial charge in [-0.05, 0) is 32.1 Å². The van der Waals surface area contributed by atoms with E-state index in [2.05, 4.69) is 0 Å². The van der Waals surface area contributed by atoms with Gasteiger partial charge in [0, 0.05) is 19.1 Å². The van der Waals surface area contributed by atoms with Crippen LogP contribution in [0, 0.1) is 0 Å². The van der Waals surface area contributed by atoms with Gasteiger partial charge in [-0.25, -0.2) is 4.79 Å². The molecule has 20 heavy (non-hydrogen) atoms. The monoisotopic (exact) mass is 282 g/mol. The molecule has 2 amide bonds. The number of nitrogens with zero attached hydrogens (tertiary/aromatic N) is 2. The molecule has 2 atom stereocenters. The van der Waals surface area contributed by atoms with Crippen LogP contribution in [0.2, 0.25) is 0 Å². The second-order valence-electron chi connectivity index (χ2n) is 5.95. The lowest BCUT2D eigenvalue weighted by atomic mass is 10.1. The van der Waals surface area contributed by atoms with Crippen LogP contribution in [0.25, 0.3) is 0 Å². The van der Waals surface area contributed by atoms with Crippen molar-refractivity contribution in [3.8, 4) is 0 Å². The summed E-state index contributed by atoms with van der Waals surface area (Å²) >= 11 is 0. The molecule has 3 fully saturated rings. The Bertz CT molecular complexity index is 397. The lowest BCUT2D eigenvalue weighted by molar-refractivity contribution is -0.137. The highest BCUT2D eigenvalue weighted by molar-refractivity contribution is 5.76. The Hall–Kier alpha value is -1.30. The van der Waals surface area contributed by atoms with Gasteiger partial charge in [0.15, 0.2) is 0 Å². The van der Waals surface area contributed by atoms with Crippen LogP contribution < -0.4 is 0 Å². The number of ether oxygens (including phenoxy) is 1. The molecule has 0 aromatic heterocycles. The van der Waals surface area contributed by atoms with E-state index in [1.165, 1.54) is 0 Å². The molecular weight excluding hydrogens is 260 g/mol. The van der Waals surface area contributed by atoms with Crippen LogP contribution in [0.1, 0.15) is 38.5 Å². The van der Waals surface area contributed by atoms with E-state index in [1.807, 2.05) is 4.90 Å². The SMILES string of the molecule is O=C(O)CCN(C(=O)N1CCOC2CCCC21)C1CC1. The molecule has 0 spiro atoms. The molecule has 2 aliphatic carbocycles. The van der Waals surface area contributed by atoms with Crippen LogP contribution in [-0.2, 0) is 9.53 Å². The van der Waals surface area contributed by atoms with Gasteiger partial charge in [-0.1, -0.05) is 0 Å². The number of carboxylic acid groups (broad SMARTS) is 1. The molecule has 3 aliphatic rings. The Balaban J connectivity index is 1.66. The van der Waals surface area contributed by atoms with Crippen molar-refractivity contribution in [2.24, 2.45) is 0 Å². The fourth-order valence-corrected chi connectivity index (χ4v) is 3.36. The van der Waals surface area contributed by atoms with Gasteiger partial charge in [0.1, 0.15) is 0 Å². The first-order chi connectivity index (χ1) is 9.66. The molecule has 0 aromatic carbocycles. The topological polar surface area (TPSA) is 70.1 Å². The Morgan fingerprint density at radius 3 is 2.75 bits per heavy atom. The number of amides is 2. The summed E-state index contributed by atoms with van der Waals surface area (Å²) in [5, 5.41) is 8.84. The van der Waals surface area contributed by atoms with Crippen molar-refractivity contribution in [2.75, 3.05) is 19.7 Å². The number of carboxylic acids is 1. The fraction of sp³-hybridized carbons (Fsp3) is 0.857. The Labute approximate surface area is 118 Å². The van der Waals surface area contributed by atoms with Gasteiger partial charge in [0.25, 0.3) is 0 Å². The quantitative estimate of drug-likeness (QED) is 0.843. The fourth-order valence-electron chi connectivity index (χ4n) is 3.36. The second-order valence-corrected chi connectivity index (χ2v) is 5.95. The first kappa shape index (κ1) is 13.7. The van der Waals surface area contributed by atoms with Crippen LogP contribution in [0.15, 0.2) is 0 Å². The molecule has 6 nitrogen and oxygen atoms in total. The second kappa shape index (κ2) is 5.60. The highest BCUT2D eigenvalue weighted by atomic mass is 16.5. The number of hydrogen-bond acceptors (Lipinski definition) is 3. The number of hydrogen-bond donors (Lipinski definition) is 1. The Morgan fingerprint density at radius 2 is 2.05 bits per heavy atom. The van der Waals surface area contributed by atoms with Crippen molar-refractivity contribution < 1.29 is 19.4 Å². The van der Waals surface area contributed by atoms with E-state index in [1.54, 1.807) is 4.90 Å². The average molecular weight is 282 g/mol. The smallest absolute Gasteiger partial charge is 0.320 e. The molecular formula is C14H22N2O4. The standard InChI is InChI=1S/C14H22N2O4/c17-13(18)6-7-15(10-4-5-10)14(19)16-8-9-20-12-3-1-2-11(12)16/h10-12H,1-9H2,(H,17,18). The van der Waals surface area contributed by atoms with Crippen LogP contribution in [-0.4, -0.2) is 64.8 Å². The molecule has 3 rings (SSSR count). The molecule has 112 valence electrons. The van der Waals surface area contributed by atoms with Crippen LogP contribution in [0.4, 0.5) is 4.79 Å². The minimum Gasteiger partial charge on any atom is -0.481 e. The molecule has 2 saturated carbocycles. The zero-order valence-corrected chi connectivity index (χ0v) is 11.7. The van der Waals surface area contributed by atoms with E-state index < -0.39 is 5.97 Å². The summed E-state index contributed by atoms with van der Waals surface area (Å²) in [5.74, 6) is -0.843. The van der Waals surface area contributed by atoms with E-state index >= 15 is 0 Å². The van der Waals surface area contributed by atoms with Gasteiger partial charge in [0.2, 0.25) is 0 Å². The van der Waals surface area contributed by atoms with Crippen molar-refractivity contribution in [3.63, 3.8) is 0 Å². The maximum Gasteiger partial charge on any atom is 0.320 e. The molecule has 1 N–H and O–H groups in total. The largest absolute Gasteiger partial charge is 0.481 e. The number of carbonyl (C=O) groups is 2. The van der Waals surface area contributed by atoms with Crippen molar-refractivity contribution in [1.82, 2.24) is 9.80 Å². The summed E-state index contributed by atoms with van der Waals surface area (Å²) < 4.78 is 5.73. The molecule has 1 heterocycles. The van der Waals surface area contributed by atoms with Gasteiger partial charge in [-0.3, -0.25) is 4.79 Å². The van der Waals surface area contributed by atoms with E-state index in [-0.39, 0.29) is 30.6 Å². The summed E-state index contributed by atoms with van der Waals surface area (Å²) in [6.07, 6.45) is 5.38. The number of aliphatic carboxylic acids is 1. The summed E-state index contributed by atoms with van der Waals surface area (Å²) in [7, 11) is 0. The number of rotatable bonds is 4.